The Morgan fingerprint density at radius 1 is 1.07 bits per heavy atom. The monoisotopic (exact) mass is 550 g/mol. The molecule has 0 aliphatic carbocycles. The second-order valence-electron chi connectivity index (χ2n) is 10.5. The largest absolute Gasteiger partial charge is 0.507 e. The lowest BCUT2D eigenvalue weighted by atomic mass is 9.94. The van der Waals surface area contributed by atoms with E-state index in [1.165, 1.54) is 0 Å². The van der Waals surface area contributed by atoms with E-state index in [0.29, 0.717) is 62.0 Å². The molecule has 0 aromatic heterocycles. The van der Waals surface area contributed by atoms with Crippen molar-refractivity contribution in [3.63, 3.8) is 0 Å². The maximum atomic E-state index is 13.5. The highest BCUT2D eigenvalue weighted by Gasteiger charge is 2.46. The zero-order valence-corrected chi connectivity index (χ0v) is 23.5. The van der Waals surface area contributed by atoms with Crippen LogP contribution in [0.2, 0.25) is 0 Å². The van der Waals surface area contributed by atoms with E-state index in [2.05, 4.69) is 11.8 Å². The number of Topliss-reactive ketones (excluding diaryl/α,β-unsaturated/α-hetero) is 1. The van der Waals surface area contributed by atoms with Gasteiger partial charge in [-0.1, -0.05) is 19.4 Å². The third-order valence-corrected chi connectivity index (χ3v) is 7.73. The van der Waals surface area contributed by atoms with Gasteiger partial charge in [0.05, 0.1) is 38.5 Å². The summed E-state index contributed by atoms with van der Waals surface area (Å²) in [6.07, 6.45) is 2.68. The molecule has 0 radical (unpaired) electrons. The molecular formula is C31H38N2O7. The van der Waals surface area contributed by atoms with Gasteiger partial charge in [-0.05, 0) is 54.8 Å². The topological polar surface area (TPSA) is 97.8 Å². The number of likely N-dealkylation sites (tertiary alicyclic amines) is 1. The maximum Gasteiger partial charge on any atom is 0.295 e. The second-order valence-corrected chi connectivity index (χ2v) is 10.5. The Morgan fingerprint density at radius 3 is 2.62 bits per heavy atom. The van der Waals surface area contributed by atoms with Crippen LogP contribution in [-0.2, 0) is 20.7 Å². The smallest absolute Gasteiger partial charge is 0.295 e. The van der Waals surface area contributed by atoms with Crippen LogP contribution in [0.25, 0.3) is 5.76 Å². The molecule has 3 aliphatic heterocycles. The fourth-order valence-electron chi connectivity index (χ4n) is 5.56. The summed E-state index contributed by atoms with van der Waals surface area (Å²) < 4.78 is 22.8. The molecule has 2 unspecified atom stereocenters. The number of rotatable bonds is 10. The molecule has 3 heterocycles. The quantitative estimate of drug-likeness (QED) is 0.206. The zero-order valence-electron chi connectivity index (χ0n) is 23.5. The number of benzene rings is 2. The Balaban J connectivity index is 1.53. The summed E-state index contributed by atoms with van der Waals surface area (Å²) in [4.78, 5) is 30.7. The molecule has 5 rings (SSSR count). The molecular weight excluding hydrogens is 512 g/mol. The molecule has 0 spiro atoms. The van der Waals surface area contributed by atoms with Gasteiger partial charge in [-0.2, -0.15) is 0 Å². The van der Waals surface area contributed by atoms with Gasteiger partial charge >= 0.3 is 0 Å². The summed E-state index contributed by atoms with van der Waals surface area (Å²) in [7, 11) is 1.56. The number of nitrogens with zero attached hydrogens (tertiary/aromatic N) is 2. The van der Waals surface area contributed by atoms with Gasteiger partial charge in [0, 0.05) is 38.2 Å². The summed E-state index contributed by atoms with van der Waals surface area (Å²) in [5.41, 5.74) is 2.19. The van der Waals surface area contributed by atoms with Gasteiger partial charge in [0.25, 0.3) is 11.7 Å². The van der Waals surface area contributed by atoms with E-state index < -0.39 is 17.7 Å². The van der Waals surface area contributed by atoms with Crippen molar-refractivity contribution in [2.24, 2.45) is 0 Å². The summed E-state index contributed by atoms with van der Waals surface area (Å²) in [5, 5.41) is 11.6. The predicted molar refractivity (Wildman–Crippen MR) is 150 cm³/mol. The zero-order chi connectivity index (χ0) is 28.2. The first-order valence-electron chi connectivity index (χ1n) is 14.1. The van der Waals surface area contributed by atoms with Crippen molar-refractivity contribution >= 4 is 17.4 Å². The number of carbonyl (C=O) groups excluding carboxylic acids is 2. The van der Waals surface area contributed by atoms with E-state index in [1.807, 2.05) is 25.1 Å². The molecule has 9 heteroatoms. The van der Waals surface area contributed by atoms with Crippen LogP contribution >= 0.6 is 0 Å². The molecule has 214 valence electrons. The lowest BCUT2D eigenvalue weighted by Crippen LogP contribution is -2.42. The lowest BCUT2D eigenvalue weighted by Gasteiger charge is -2.31. The van der Waals surface area contributed by atoms with Crippen molar-refractivity contribution in [3.8, 4) is 17.2 Å². The average molecular weight is 551 g/mol. The minimum absolute atomic E-state index is 0.0451. The Labute approximate surface area is 235 Å². The SMILES string of the molecule is CCCCOc1ccc(C2C(=C(O)c3ccc4c(c3)CC(C)O4)C(=O)C(=O)N2CCN2CCOCC2)cc1OC. The van der Waals surface area contributed by atoms with E-state index in [4.69, 9.17) is 18.9 Å². The van der Waals surface area contributed by atoms with E-state index in [0.717, 1.165) is 37.2 Å². The molecule has 9 nitrogen and oxygen atoms in total. The van der Waals surface area contributed by atoms with Crippen LogP contribution in [0.15, 0.2) is 42.0 Å². The number of aliphatic hydroxyl groups is 1. The van der Waals surface area contributed by atoms with Crippen molar-refractivity contribution in [1.82, 2.24) is 9.80 Å². The van der Waals surface area contributed by atoms with E-state index in [1.54, 1.807) is 30.2 Å². The van der Waals surface area contributed by atoms with Crippen LogP contribution in [0.4, 0.5) is 0 Å². The van der Waals surface area contributed by atoms with Crippen molar-refractivity contribution in [2.75, 3.05) is 53.1 Å². The first-order chi connectivity index (χ1) is 19.4. The minimum Gasteiger partial charge on any atom is -0.507 e. The molecule has 2 saturated heterocycles. The number of hydrogen-bond donors (Lipinski definition) is 1. The molecule has 0 saturated carbocycles. The minimum atomic E-state index is -0.775. The molecule has 3 aliphatic rings. The average Bonchev–Trinajstić information content (AvgIpc) is 3.47. The van der Waals surface area contributed by atoms with Crippen LogP contribution < -0.4 is 14.2 Å². The van der Waals surface area contributed by atoms with E-state index >= 15 is 0 Å². The van der Waals surface area contributed by atoms with Crippen LogP contribution in [-0.4, -0.2) is 85.8 Å². The Morgan fingerprint density at radius 2 is 1.88 bits per heavy atom. The number of ketones is 1. The van der Waals surface area contributed by atoms with Gasteiger partial charge in [-0.25, -0.2) is 0 Å². The van der Waals surface area contributed by atoms with Gasteiger partial charge in [0.15, 0.2) is 11.5 Å². The highest BCUT2D eigenvalue weighted by atomic mass is 16.5. The maximum absolute atomic E-state index is 13.5. The number of amides is 1. The molecule has 1 amide bonds. The standard InChI is InChI=1S/C31H38N2O7/c1-4-5-14-39-25-9-6-21(19-26(25)37-3)28-27(29(34)22-7-8-24-23(18-22)17-20(2)40-24)30(35)31(36)33(28)11-10-32-12-15-38-16-13-32/h6-9,18-20,28,34H,4-5,10-17H2,1-3H3. The van der Waals surface area contributed by atoms with Crippen LogP contribution in [0.3, 0.4) is 0 Å². The van der Waals surface area contributed by atoms with Crippen LogP contribution in [0.5, 0.6) is 17.2 Å². The summed E-state index contributed by atoms with van der Waals surface area (Å²) >= 11 is 0. The third-order valence-electron chi connectivity index (χ3n) is 7.73. The second kappa shape index (κ2) is 12.3. The number of methoxy groups -OCH3 is 1. The van der Waals surface area contributed by atoms with Gasteiger partial charge < -0.3 is 29.0 Å². The van der Waals surface area contributed by atoms with Gasteiger partial charge in [-0.15, -0.1) is 0 Å². The van der Waals surface area contributed by atoms with Crippen LogP contribution in [0, 0.1) is 0 Å². The number of fused-ring (bicyclic) bond motifs is 1. The van der Waals surface area contributed by atoms with Gasteiger partial charge in [0.2, 0.25) is 0 Å². The number of hydrogen-bond acceptors (Lipinski definition) is 8. The fraction of sp³-hybridized carbons (Fsp3) is 0.484. The van der Waals surface area contributed by atoms with Gasteiger partial charge in [-0.3, -0.25) is 14.5 Å². The first-order valence-corrected chi connectivity index (χ1v) is 14.1. The molecule has 2 aromatic rings. The number of morpholine rings is 1. The van der Waals surface area contributed by atoms with Crippen molar-refractivity contribution in [1.29, 1.82) is 0 Å². The number of ether oxygens (including phenoxy) is 4. The van der Waals surface area contributed by atoms with Crippen LogP contribution in [0.1, 0.15) is 49.4 Å². The number of unbranched alkanes of at least 4 members (excludes halogenated alkanes) is 1. The summed E-state index contributed by atoms with van der Waals surface area (Å²) in [5.74, 6) is 0.363. The summed E-state index contributed by atoms with van der Waals surface area (Å²) in [6.45, 7) is 8.38. The highest BCUT2D eigenvalue weighted by molar-refractivity contribution is 6.46. The van der Waals surface area contributed by atoms with E-state index in [-0.39, 0.29) is 17.4 Å². The van der Waals surface area contributed by atoms with Crippen molar-refractivity contribution < 1.29 is 33.6 Å². The first kappa shape index (κ1) is 28.0. The molecule has 40 heavy (non-hydrogen) atoms. The molecule has 1 N–H and O–H groups in total. The highest BCUT2D eigenvalue weighted by Crippen LogP contribution is 2.42. The summed E-state index contributed by atoms with van der Waals surface area (Å²) in [6, 6.07) is 10.1. The third kappa shape index (κ3) is 5.67. The van der Waals surface area contributed by atoms with E-state index in [9.17, 15) is 14.7 Å². The van der Waals surface area contributed by atoms with Crippen molar-refractivity contribution in [3.05, 3.63) is 58.7 Å². The van der Waals surface area contributed by atoms with Gasteiger partial charge in [0.1, 0.15) is 17.6 Å². The molecule has 0 bridgehead atoms. The fourth-order valence-corrected chi connectivity index (χ4v) is 5.56. The lowest BCUT2D eigenvalue weighted by molar-refractivity contribution is -0.140. The Bertz CT molecular complexity index is 1280. The molecule has 2 aromatic carbocycles. The number of carbonyl (C=O) groups is 2. The predicted octanol–water partition coefficient (Wildman–Crippen LogP) is 3.95. The van der Waals surface area contributed by atoms with Crippen molar-refractivity contribution in [2.45, 2.75) is 45.3 Å². The number of aliphatic hydroxyl groups excluding tert-OH is 1. The Kier molecular flexibility index (Phi) is 8.61. The molecule has 2 fully saturated rings. The molecule has 2 atom stereocenters. The Hall–Kier alpha value is -3.56. The normalized spacial score (nSPS) is 22.3.